The molecule has 1 fully saturated rings. The summed E-state index contributed by atoms with van der Waals surface area (Å²) in [6.45, 7) is 5.79. The van der Waals surface area contributed by atoms with Crippen molar-refractivity contribution in [2.45, 2.75) is 51.9 Å². The Labute approximate surface area is 163 Å². The lowest BCUT2D eigenvalue weighted by Gasteiger charge is -2.26. The molecule has 3 heteroatoms. The minimum absolute atomic E-state index is 0.121. The van der Waals surface area contributed by atoms with Gasteiger partial charge in [-0.3, -0.25) is 4.79 Å². The molecule has 1 amide bonds. The topological polar surface area (TPSA) is 32.3 Å². The van der Waals surface area contributed by atoms with Gasteiger partial charge in [-0.1, -0.05) is 49.7 Å². The Morgan fingerprint density at radius 2 is 1.70 bits per heavy atom. The van der Waals surface area contributed by atoms with E-state index in [0.717, 1.165) is 31.5 Å². The van der Waals surface area contributed by atoms with Gasteiger partial charge in [-0.25, -0.2) is 0 Å². The van der Waals surface area contributed by atoms with E-state index in [1.807, 2.05) is 12.1 Å². The molecule has 3 nitrogen and oxygen atoms in total. The molecule has 1 N–H and O–H groups in total. The van der Waals surface area contributed by atoms with Crippen LogP contribution in [0.25, 0.3) is 11.1 Å². The Kier molecular flexibility index (Phi) is 7.46. The molecule has 0 spiro atoms. The number of benzene rings is 2. The van der Waals surface area contributed by atoms with Crippen LogP contribution in [-0.4, -0.2) is 30.4 Å². The third kappa shape index (κ3) is 5.93. The number of carbonyl (C=O) groups is 1. The molecule has 27 heavy (non-hydrogen) atoms. The Balaban J connectivity index is 1.44. The molecule has 3 rings (SSSR count). The fourth-order valence-corrected chi connectivity index (χ4v) is 3.87. The third-order valence-corrected chi connectivity index (χ3v) is 5.45. The molecular formula is C24H32N2O. The van der Waals surface area contributed by atoms with Gasteiger partial charge in [-0.15, -0.1) is 0 Å². The van der Waals surface area contributed by atoms with E-state index in [9.17, 15) is 4.79 Å². The third-order valence-electron chi connectivity index (χ3n) is 5.45. The van der Waals surface area contributed by atoms with Crippen LogP contribution in [0.1, 0.15) is 51.0 Å². The van der Waals surface area contributed by atoms with E-state index in [2.05, 4.69) is 53.5 Å². The van der Waals surface area contributed by atoms with Gasteiger partial charge in [-0.05, 0) is 80.6 Å². The van der Waals surface area contributed by atoms with Crippen LogP contribution in [0.2, 0.25) is 0 Å². The van der Waals surface area contributed by atoms with Gasteiger partial charge >= 0.3 is 0 Å². The molecule has 0 aromatic heterocycles. The lowest BCUT2D eigenvalue weighted by atomic mass is 9.98. The second kappa shape index (κ2) is 10.3. The van der Waals surface area contributed by atoms with Gasteiger partial charge < -0.3 is 10.2 Å². The molecule has 2 aromatic carbocycles. The SMILES string of the molecule is CCc1ccccc1-c1ccc(NC(=O)CCCCN2CCCCC2)cc1. The van der Waals surface area contributed by atoms with Crippen molar-refractivity contribution in [1.29, 1.82) is 0 Å². The van der Waals surface area contributed by atoms with Crippen LogP contribution < -0.4 is 5.32 Å². The number of likely N-dealkylation sites (tertiary alicyclic amines) is 1. The van der Waals surface area contributed by atoms with Crippen molar-refractivity contribution in [2.75, 3.05) is 25.0 Å². The number of nitrogens with one attached hydrogen (secondary N) is 1. The maximum absolute atomic E-state index is 12.2. The number of nitrogens with zero attached hydrogens (tertiary/aromatic N) is 1. The van der Waals surface area contributed by atoms with Gasteiger partial charge in [0.15, 0.2) is 0 Å². The number of aryl methyl sites for hydroxylation is 1. The highest BCUT2D eigenvalue weighted by molar-refractivity contribution is 5.91. The summed E-state index contributed by atoms with van der Waals surface area (Å²) >= 11 is 0. The maximum Gasteiger partial charge on any atom is 0.224 e. The van der Waals surface area contributed by atoms with Crippen molar-refractivity contribution < 1.29 is 4.79 Å². The second-order valence-electron chi connectivity index (χ2n) is 7.50. The lowest BCUT2D eigenvalue weighted by Crippen LogP contribution is -2.30. The largest absolute Gasteiger partial charge is 0.326 e. The number of carbonyl (C=O) groups excluding carboxylic acids is 1. The van der Waals surface area contributed by atoms with Crippen molar-refractivity contribution in [2.24, 2.45) is 0 Å². The molecule has 1 heterocycles. The van der Waals surface area contributed by atoms with Crippen LogP contribution in [-0.2, 0) is 11.2 Å². The van der Waals surface area contributed by atoms with E-state index in [-0.39, 0.29) is 5.91 Å². The predicted octanol–water partition coefficient (Wildman–Crippen LogP) is 5.51. The summed E-state index contributed by atoms with van der Waals surface area (Å²) in [6, 6.07) is 16.7. The maximum atomic E-state index is 12.2. The van der Waals surface area contributed by atoms with Crippen LogP contribution >= 0.6 is 0 Å². The molecule has 1 aliphatic rings. The first-order chi connectivity index (χ1) is 13.3. The molecule has 0 unspecified atom stereocenters. The number of rotatable bonds is 8. The van der Waals surface area contributed by atoms with E-state index >= 15 is 0 Å². The predicted molar refractivity (Wildman–Crippen MR) is 114 cm³/mol. The standard InChI is InChI=1S/C24H32N2O/c1-2-20-10-4-5-11-23(20)21-13-15-22(16-14-21)25-24(27)12-6-9-19-26-17-7-3-8-18-26/h4-5,10-11,13-16H,2-3,6-9,12,17-19H2,1H3,(H,25,27). The van der Waals surface area contributed by atoms with Crippen molar-refractivity contribution in [3.05, 3.63) is 54.1 Å². The van der Waals surface area contributed by atoms with Gasteiger partial charge in [0.05, 0.1) is 0 Å². The Hall–Kier alpha value is -2.13. The van der Waals surface area contributed by atoms with Gasteiger partial charge in [0.25, 0.3) is 0 Å². The first kappa shape index (κ1) is 19.6. The normalized spacial score (nSPS) is 14.9. The van der Waals surface area contributed by atoms with Crippen molar-refractivity contribution in [3.63, 3.8) is 0 Å². The number of hydrogen-bond acceptors (Lipinski definition) is 2. The second-order valence-corrected chi connectivity index (χ2v) is 7.50. The first-order valence-electron chi connectivity index (χ1n) is 10.5. The molecule has 2 aromatic rings. The summed E-state index contributed by atoms with van der Waals surface area (Å²) in [5, 5.41) is 3.04. The van der Waals surface area contributed by atoms with Gasteiger partial charge in [0.2, 0.25) is 5.91 Å². The van der Waals surface area contributed by atoms with Crippen LogP contribution in [0.4, 0.5) is 5.69 Å². The highest BCUT2D eigenvalue weighted by Gasteiger charge is 2.10. The van der Waals surface area contributed by atoms with E-state index in [4.69, 9.17) is 0 Å². The van der Waals surface area contributed by atoms with Crippen molar-refractivity contribution >= 4 is 11.6 Å². The van der Waals surface area contributed by atoms with Crippen LogP contribution in [0.3, 0.4) is 0 Å². The Morgan fingerprint density at radius 1 is 0.963 bits per heavy atom. The lowest BCUT2D eigenvalue weighted by molar-refractivity contribution is -0.116. The number of anilines is 1. The van der Waals surface area contributed by atoms with E-state index in [1.165, 1.54) is 49.0 Å². The Bertz CT molecular complexity index is 717. The highest BCUT2D eigenvalue weighted by Crippen LogP contribution is 2.25. The zero-order valence-corrected chi connectivity index (χ0v) is 16.5. The zero-order chi connectivity index (χ0) is 18.9. The number of unbranched alkanes of at least 4 members (excludes halogenated alkanes) is 1. The minimum atomic E-state index is 0.121. The molecule has 0 radical (unpaired) electrons. The zero-order valence-electron chi connectivity index (χ0n) is 16.5. The number of hydrogen-bond donors (Lipinski definition) is 1. The fourth-order valence-electron chi connectivity index (χ4n) is 3.87. The summed E-state index contributed by atoms with van der Waals surface area (Å²) in [7, 11) is 0. The van der Waals surface area contributed by atoms with Gasteiger partial charge in [0, 0.05) is 12.1 Å². The highest BCUT2D eigenvalue weighted by atomic mass is 16.1. The molecule has 1 aliphatic heterocycles. The molecule has 0 bridgehead atoms. The average Bonchev–Trinajstić information content (AvgIpc) is 2.72. The molecule has 0 aliphatic carbocycles. The van der Waals surface area contributed by atoms with E-state index < -0.39 is 0 Å². The quantitative estimate of drug-likeness (QED) is 0.626. The molecule has 144 valence electrons. The van der Waals surface area contributed by atoms with Crippen molar-refractivity contribution in [1.82, 2.24) is 4.90 Å². The van der Waals surface area contributed by atoms with Crippen LogP contribution in [0.5, 0.6) is 0 Å². The molecule has 0 saturated carbocycles. The van der Waals surface area contributed by atoms with Crippen molar-refractivity contribution in [3.8, 4) is 11.1 Å². The summed E-state index contributed by atoms with van der Waals surface area (Å²) in [6.07, 6.45) is 7.74. The van der Waals surface area contributed by atoms with Gasteiger partial charge in [0.1, 0.15) is 0 Å². The van der Waals surface area contributed by atoms with Crippen LogP contribution in [0, 0.1) is 0 Å². The number of piperidine rings is 1. The smallest absolute Gasteiger partial charge is 0.224 e. The summed E-state index contributed by atoms with van der Waals surface area (Å²) in [4.78, 5) is 14.7. The fraction of sp³-hybridized carbons (Fsp3) is 0.458. The Morgan fingerprint density at radius 3 is 2.44 bits per heavy atom. The average molecular weight is 365 g/mol. The summed E-state index contributed by atoms with van der Waals surface area (Å²) in [5.74, 6) is 0.121. The molecular weight excluding hydrogens is 332 g/mol. The first-order valence-corrected chi connectivity index (χ1v) is 10.5. The van der Waals surface area contributed by atoms with E-state index in [0.29, 0.717) is 6.42 Å². The molecule has 1 saturated heterocycles. The molecule has 0 atom stereocenters. The summed E-state index contributed by atoms with van der Waals surface area (Å²) in [5.41, 5.74) is 4.71. The minimum Gasteiger partial charge on any atom is -0.326 e. The van der Waals surface area contributed by atoms with Gasteiger partial charge in [-0.2, -0.15) is 0 Å². The van der Waals surface area contributed by atoms with Crippen LogP contribution in [0.15, 0.2) is 48.5 Å². The van der Waals surface area contributed by atoms with E-state index in [1.54, 1.807) is 0 Å². The number of amides is 1. The summed E-state index contributed by atoms with van der Waals surface area (Å²) < 4.78 is 0. The monoisotopic (exact) mass is 364 g/mol.